The summed E-state index contributed by atoms with van der Waals surface area (Å²) in [5.74, 6) is 1.56. The maximum Gasteiger partial charge on any atom is 0.272 e. The van der Waals surface area contributed by atoms with Gasteiger partial charge < -0.3 is 10.4 Å². The van der Waals surface area contributed by atoms with E-state index in [9.17, 15) is 9.90 Å². The van der Waals surface area contributed by atoms with Gasteiger partial charge in [-0.15, -0.1) is 11.3 Å². The Labute approximate surface area is 166 Å². The average molecular weight is 395 g/mol. The molecule has 0 aromatic carbocycles. The summed E-state index contributed by atoms with van der Waals surface area (Å²) >= 11 is 1.57. The molecule has 3 heterocycles. The van der Waals surface area contributed by atoms with E-state index in [1.54, 1.807) is 37.6 Å². The van der Waals surface area contributed by atoms with Crippen molar-refractivity contribution in [2.45, 2.75) is 38.1 Å². The number of aromatic nitrogens is 4. The zero-order chi connectivity index (χ0) is 19.5. The predicted molar refractivity (Wildman–Crippen MR) is 106 cm³/mol. The second-order valence-electron chi connectivity index (χ2n) is 8.17. The Balaban J connectivity index is 1.51. The van der Waals surface area contributed by atoms with Gasteiger partial charge in [0, 0.05) is 34.8 Å². The van der Waals surface area contributed by atoms with Crippen molar-refractivity contribution in [3.05, 3.63) is 46.9 Å². The third-order valence-electron chi connectivity index (χ3n) is 5.47. The average Bonchev–Trinajstić information content (AvgIpc) is 3.09. The van der Waals surface area contributed by atoms with Gasteiger partial charge in [-0.3, -0.25) is 4.79 Å². The minimum Gasteiger partial charge on any atom is -0.394 e. The molecule has 7 nitrogen and oxygen atoms in total. The SMILES string of the molecule is CC(C)(CO)NC(=O)c1nn(-c2ccc(-c3nccs3)cn2)c2c1C[C@@H]1C[C@H]21. The monoisotopic (exact) mass is 395 g/mol. The summed E-state index contributed by atoms with van der Waals surface area (Å²) in [5.41, 5.74) is 2.87. The van der Waals surface area contributed by atoms with Crippen LogP contribution in [0.4, 0.5) is 0 Å². The maximum absolute atomic E-state index is 12.8. The van der Waals surface area contributed by atoms with Gasteiger partial charge in [-0.25, -0.2) is 14.6 Å². The van der Waals surface area contributed by atoms with Crippen LogP contribution in [-0.4, -0.2) is 42.9 Å². The van der Waals surface area contributed by atoms with E-state index in [2.05, 4.69) is 20.4 Å². The molecule has 0 aliphatic heterocycles. The number of rotatable bonds is 5. The molecule has 1 fully saturated rings. The van der Waals surface area contributed by atoms with Crippen LogP contribution in [-0.2, 0) is 6.42 Å². The molecule has 1 saturated carbocycles. The number of amides is 1. The molecule has 0 radical (unpaired) electrons. The highest BCUT2D eigenvalue weighted by molar-refractivity contribution is 7.13. The molecule has 1 amide bonds. The van der Waals surface area contributed by atoms with Crippen molar-refractivity contribution in [3.8, 4) is 16.4 Å². The van der Waals surface area contributed by atoms with Crippen molar-refractivity contribution >= 4 is 17.2 Å². The van der Waals surface area contributed by atoms with Gasteiger partial charge in [0.1, 0.15) is 5.01 Å². The van der Waals surface area contributed by atoms with Crippen LogP contribution in [0.3, 0.4) is 0 Å². The third kappa shape index (κ3) is 2.84. The first kappa shape index (κ1) is 17.5. The van der Waals surface area contributed by atoms with E-state index in [1.165, 1.54) is 0 Å². The summed E-state index contributed by atoms with van der Waals surface area (Å²) in [5, 5.41) is 19.9. The van der Waals surface area contributed by atoms with Crippen LogP contribution in [0.25, 0.3) is 16.4 Å². The third-order valence-corrected chi connectivity index (χ3v) is 6.29. The zero-order valence-electron chi connectivity index (χ0n) is 15.7. The Kier molecular flexibility index (Phi) is 3.89. The van der Waals surface area contributed by atoms with E-state index in [-0.39, 0.29) is 12.5 Å². The number of carbonyl (C=O) groups is 1. The Hall–Kier alpha value is -2.58. The second kappa shape index (κ2) is 6.22. The number of fused-ring (bicyclic) bond motifs is 3. The molecule has 5 rings (SSSR count). The van der Waals surface area contributed by atoms with Crippen molar-refractivity contribution in [3.63, 3.8) is 0 Å². The second-order valence-corrected chi connectivity index (χ2v) is 9.06. The van der Waals surface area contributed by atoms with Gasteiger partial charge in [0.15, 0.2) is 11.5 Å². The van der Waals surface area contributed by atoms with E-state index in [0.717, 1.165) is 34.7 Å². The van der Waals surface area contributed by atoms with Gasteiger partial charge in [-0.05, 0) is 44.7 Å². The predicted octanol–water partition coefficient (Wildman–Crippen LogP) is 2.55. The molecule has 8 heteroatoms. The van der Waals surface area contributed by atoms with Crippen molar-refractivity contribution in [2.75, 3.05) is 6.61 Å². The molecule has 2 aliphatic carbocycles. The van der Waals surface area contributed by atoms with Crippen LogP contribution in [0.2, 0.25) is 0 Å². The molecule has 144 valence electrons. The quantitative estimate of drug-likeness (QED) is 0.693. The first-order valence-corrected chi connectivity index (χ1v) is 10.3. The fraction of sp³-hybridized carbons (Fsp3) is 0.400. The first-order chi connectivity index (χ1) is 13.5. The Bertz CT molecular complexity index is 1040. The number of nitrogens with one attached hydrogen (secondary N) is 1. The fourth-order valence-corrected chi connectivity index (χ4v) is 4.51. The molecule has 2 N–H and O–H groups in total. The molecule has 0 unspecified atom stereocenters. The van der Waals surface area contributed by atoms with Crippen molar-refractivity contribution in [2.24, 2.45) is 5.92 Å². The number of aliphatic hydroxyl groups is 1. The van der Waals surface area contributed by atoms with Crippen molar-refractivity contribution in [1.82, 2.24) is 25.1 Å². The standard InChI is InChI=1S/C20H21N5O2S/c1-20(2,10-26)23-18(27)16-14-8-12-7-13(12)17(14)25(24-16)15-4-3-11(9-22-15)19-21-5-6-28-19/h3-6,9,12-13,26H,7-8,10H2,1-2H3,(H,23,27)/t12-,13-/m0/s1. The Morgan fingerprint density at radius 2 is 2.25 bits per heavy atom. The lowest BCUT2D eigenvalue weighted by molar-refractivity contribution is 0.0863. The minimum absolute atomic E-state index is 0.132. The maximum atomic E-state index is 12.8. The largest absolute Gasteiger partial charge is 0.394 e. The normalized spacial score (nSPS) is 20.0. The number of hydrogen-bond acceptors (Lipinski definition) is 6. The van der Waals surface area contributed by atoms with E-state index >= 15 is 0 Å². The van der Waals surface area contributed by atoms with E-state index in [0.29, 0.717) is 23.3 Å². The lowest BCUT2D eigenvalue weighted by atomic mass is 10.1. The molecule has 2 atom stereocenters. The number of hydrogen-bond donors (Lipinski definition) is 2. The van der Waals surface area contributed by atoms with Crippen molar-refractivity contribution < 1.29 is 9.90 Å². The molecule has 3 aromatic rings. The topological polar surface area (TPSA) is 92.9 Å². The van der Waals surface area contributed by atoms with Crippen LogP contribution in [0.15, 0.2) is 29.9 Å². The molecule has 0 saturated heterocycles. The minimum atomic E-state index is -0.692. The molecule has 3 aromatic heterocycles. The molecule has 0 bridgehead atoms. The fourth-order valence-electron chi connectivity index (χ4n) is 3.88. The number of pyridine rings is 1. The van der Waals surface area contributed by atoms with Crippen molar-refractivity contribution in [1.29, 1.82) is 0 Å². The number of nitrogens with zero attached hydrogens (tertiary/aromatic N) is 4. The summed E-state index contributed by atoms with van der Waals surface area (Å²) in [4.78, 5) is 21.7. The molecule has 0 spiro atoms. The summed E-state index contributed by atoms with van der Waals surface area (Å²) < 4.78 is 1.83. The van der Waals surface area contributed by atoms with Crippen LogP contribution < -0.4 is 5.32 Å². The van der Waals surface area contributed by atoms with E-state index in [1.807, 2.05) is 22.2 Å². The molecular formula is C20H21N5O2S. The van der Waals surface area contributed by atoms with Gasteiger partial charge in [0.05, 0.1) is 17.8 Å². The van der Waals surface area contributed by atoms with Gasteiger partial charge in [-0.1, -0.05) is 0 Å². The number of aliphatic hydroxyl groups excluding tert-OH is 1. The Morgan fingerprint density at radius 3 is 2.93 bits per heavy atom. The smallest absolute Gasteiger partial charge is 0.272 e. The molecule has 28 heavy (non-hydrogen) atoms. The van der Waals surface area contributed by atoms with Gasteiger partial charge in [0.2, 0.25) is 0 Å². The summed E-state index contributed by atoms with van der Waals surface area (Å²) in [6, 6.07) is 3.92. The van der Waals surface area contributed by atoms with Gasteiger partial charge in [0.25, 0.3) is 5.91 Å². The molecular weight excluding hydrogens is 374 g/mol. The Morgan fingerprint density at radius 1 is 1.39 bits per heavy atom. The van der Waals surface area contributed by atoms with E-state index < -0.39 is 5.54 Å². The summed E-state index contributed by atoms with van der Waals surface area (Å²) in [6.45, 7) is 3.45. The van der Waals surface area contributed by atoms with Crippen LogP contribution >= 0.6 is 11.3 Å². The van der Waals surface area contributed by atoms with E-state index in [4.69, 9.17) is 0 Å². The number of thiazole rings is 1. The van der Waals surface area contributed by atoms with Gasteiger partial charge >= 0.3 is 0 Å². The van der Waals surface area contributed by atoms with Gasteiger partial charge in [-0.2, -0.15) is 5.10 Å². The highest BCUT2D eigenvalue weighted by Gasteiger charge is 2.50. The van der Waals surface area contributed by atoms with Crippen LogP contribution in [0.1, 0.15) is 47.9 Å². The highest BCUT2D eigenvalue weighted by atomic mass is 32.1. The highest BCUT2D eigenvalue weighted by Crippen LogP contribution is 2.57. The number of carbonyl (C=O) groups excluding carboxylic acids is 1. The summed E-state index contributed by atoms with van der Waals surface area (Å²) in [7, 11) is 0. The van der Waals surface area contributed by atoms with Crippen LogP contribution in [0.5, 0.6) is 0 Å². The van der Waals surface area contributed by atoms with Crippen LogP contribution in [0, 0.1) is 5.92 Å². The lowest BCUT2D eigenvalue weighted by Crippen LogP contribution is -2.46. The zero-order valence-corrected chi connectivity index (χ0v) is 16.5. The summed E-state index contributed by atoms with van der Waals surface area (Å²) in [6.07, 6.45) is 5.62. The lowest BCUT2D eigenvalue weighted by Gasteiger charge is -2.23. The first-order valence-electron chi connectivity index (χ1n) is 9.38. The molecule has 2 aliphatic rings.